The van der Waals surface area contributed by atoms with E-state index in [9.17, 15) is 10.1 Å². The zero-order chi connectivity index (χ0) is 11.4. The van der Waals surface area contributed by atoms with Gasteiger partial charge in [0.1, 0.15) is 0 Å². The molecule has 0 aliphatic heterocycles. The van der Waals surface area contributed by atoms with Crippen LogP contribution in [0, 0.1) is 10.1 Å². The first-order valence-corrected chi connectivity index (χ1v) is 4.54. The van der Waals surface area contributed by atoms with Gasteiger partial charge in [-0.1, -0.05) is 6.07 Å². The number of rotatable bonds is 4. The van der Waals surface area contributed by atoms with E-state index in [0.29, 0.717) is 6.42 Å². The molecule has 0 aromatic heterocycles. The minimum absolute atomic E-state index is 0.0735. The van der Waals surface area contributed by atoms with Gasteiger partial charge in [-0.25, -0.2) is 0 Å². The van der Waals surface area contributed by atoms with Gasteiger partial charge in [0.15, 0.2) is 5.75 Å². The summed E-state index contributed by atoms with van der Waals surface area (Å²) in [5.41, 5.74) is 0.646. The number of ether oxygens (including phenoxy) is 1. The van der Waals surface area contributed by atoms with Crippen LogP contribution in [0.4, 0.5) is 5.69 Å². The average molecular weight is 211 g/mol. The Morgan fingerprint density at radius 3 is 2.73 bits per heavy atom. The van der Waals surface area contributed by atoms with E-state index in [1.807, 2.05) is 0 Å². The SMILES string of the molecule is COc1ccc(C[C@@H](C)O)cc1[N+](=O)[O-]. The fraction of sp³-hybridized carbons (Fsp3) is 0.400. The van der Waals surface area contributed by atoms with Crippen LogP contribution in [0.1, 0.15) is 12.5 Å². The monoisotopic (exact) mass is 211 g/mol. The summed E-state index contributed by atoms with van der Waals surface area (Å²) in [5, 5.41) is 19.8. The minimum Gasteiger partial charge on any atom is -0.490 e. The van der Waals surface area contributed by atoms with Crippen LogP contribution in [0.5, 0.6) is 5.75 Å². The summed E-state index contributed by atoms with van der Waals surface area (Å²) in [6.07, 6.45) is -0.122. The van der Waals surface area contributed by atoms with Crippen molar-refractivity contribution in [2.75, 3.05) is 7.11 Å². The summed E-state index contributed by atoms with van der Waals surface area (Å²) in [6.45, 7) is 1.63. The molecule has 0 radical (unpaired) electrons. The van der Waals surface area contributed by atoms with Crippen molar-refractivity contribution in [2.24, 2.45) is 0 Å². The van der Waals surface area contributed by atoms with Crippen molar-refractivity contribution < 1.29 is 14.8 Å². The third kappa shape index (κ3) is 2.92. The molecule has 0 saturated carbocycles. The molecule has 5 heteroatoms. The van der Waals surface area contributed by atoms with Crippen molar-refractivity contribution in [3.05, 3.63) is 33.9 Å². The molecule has 82 valence electrons. The Morgan fingerprint density at radius 1 is 1.60 bits per heavy atom. The van der Waals surface area contributed by atoms with Crippen molar-refractivity contribution in [2.45, 2.75) is 19.4 Å². The van der Waals surface area contributed by atoms with Crippen molar-refractivity contribution in [3.8, 4) is 5.75 Å². The van der Waals surface area contributed by atoms with Gasteiger partial charge in [0.25, 0.3) is 0 Å². The first kappa shape index (κ1) is 11.5. The topological polar surface area (TPSA) is 72.6 Å². The Kier molecular flexibility index (Phi) is 3.62. The summed E-state index contributed by atoms with van der Waals surface area (Å²) in [5.74, 6) is 0.231. The smallest absolute Gasteiger partial charge is 0.311 e. The molecule has 15 heavy (non-hydrogen) atoms. The lowest BCUT2D eigenvalue weighted by atomic mass is 10.1. The van der Waals surface area contributed by atoms with Crippen LogP contribution < -0.4 is 4.74 Å². The normalized spacial score (nSPS) is 12.2. The van der Waals surface area contributed by atoms with Crippen LogP contribution >= 0.6 is 0 Å². The number of nitro benzene ring substituents is 1. The molecule has 5 nitrogen and oxygen atoms in total. The molecule has 0 amide bonds. The predicted octanol–water partition coefficient (Wildman–Crippen LogP) is 1.53. The Balaban J connectivity index is 3.05. The zero-order valence-corrected chi connectivity index (χ0v) is 8.64. The Bertz CT molecular complexity index is 362. The summed E-state index contributed by atoms with van der Waals surface area (Å²) in [4.78, 5) is 10.2. The van der Waals surface area contributed by atoms with Crippen LogP contribution in [0.2, 0.25) is 0 Å². The fourth-order valence-corrected chi connectivity index (χ4v) is 1.35. The molecule has 0 aliphatic rings. The highest BCUT2D eigenvalue weighted by Crippen LogP contribution is 2.27. The molecule has 0 heterocycles. The maximum absolute atomic E-state index is 10.7. The summed E-state index contributed by atoms with van der Waals surface area (Å²) in [7, 11) is 1.39. The van der Waals surface area contributed by atoms with Crippen molar-refractivity contribution >= 4 is 5.69 Å². The van der Waals surface area contributed by atoms with Crippen LogP contribution in [0.15, 0.2) is 18.2 Å². The number of hydrogen-bond donors (Lipinski definition) is 1. The van der Waals surface area contributed by atoms with Gasteiger partial charge in [-0.15, -0.1) is 0 Å². The van der Waals surface area contributed by atoms with Crippen LogP contribution in [0.3, 0.4) is 0 Å². The Labute approximate surface area is 87.5 Å². The lowest BCUT2D eigenvalue weighted by molar-refractivity contribution is -0.385. The van der Waals surface area contributed by atoms with E-state index < -0.39 is 11.0 Å². The Morgan fingerprint density at radius 2 is 2.27 bits per heavy atom. The van der Waals surface area contributed by atoms with Crippen LogP contribution in [0.25, 0.3) is 0 Å². The molecule has 0 fully saturated rings. The molecule has 1 aromatic carbocycles. The zero-order valence-electron chi connectivity index (χ0n) is 8.64. The van der Waals surface area contributed by atoms with Gasteiger partial charge in [0, 0.05) is 6.07 Å². The molecular formula is C10H13NO4. The van der Waals surface area contributed by atoms with E-state index in [4.69, 9.17) is 9.84 Å². The molecule has 0 aliphatic carbocycles. The third-order valence-electron chi connectivity index (χ3n) is 1.97. The van der Waals surface area contributed by atoms with Gasteiger partial charge < -0.3 is 9.84 Å². The maximum Gasteiger partial charge on any atom is 0.311 e. The van der Waals surface area contributed by atoms with E-state index in [0.717, 1.165) is 5.56 Å². The second kappa shape index (κ2) is 4.75. The van der Waals surface area contributed by atoms with E-state index >= 15 is 0 Å². The van der Waals surface area contributed by atoms with Gasteiger partial charge in [0.2, 0.25) is 0 Å². The average Bonchev–Trinajstić information content (AvgIpc) is 2.16. The van der Waals surface area contributed by atoms with Crippen molar-refractivity contribution in [1.29, 1.82) is 0 Å². The summed E-state index contributed by atoms with van der Waals surface area (Å²) < 4.78 is 4.86. The highest BCUT2D eigenvalue weighted by Gasteiger charge is 2.15. The molecule has 0 spiro atoms. The standard InChI is InChI=1S/C10H13NO4/c1-7(12)5-8-3-4-10(15-2)9(6-8)11(13)14/h3-4,6-7,12H,5H2,1-2H3/t7-/m1/s1. The minimum atomic E-state index is -0.516. The maximum atomic E-state index is 10.7. The number of hydrogen-bond acceptors (Lipinski definition) is 4. The Hall–Kier alpha value is -1.62. The lowest BCUT2D eigenvalue weighted by Gasteiger charge is -2.06. The first-order valence-electron chi connectivity index (χ1n) is 4.54. The second-order valence-electron chi connectivity index (χ2n) is 3.32. The number of methoxy groups -OCH3 is 1. The number of nitrogens with zero attached hydrogens (tertiary/aromatic N) is 1. The molecular weight excluding hydrogens is 198 g/mol. The number of aliphatic hydroxyl groups is 1. The quantitative estimate of drug-likeness (QED) is 0.605. The van der Waals surface area contributed by atoms with Crippen LogP contribution in [-0.2, 0) is 6.42 Å². The van der Waals surface area contributed by atoms with Gasteiger partial charge in [-0.2, -0.15) is 0 Å². The molecule has 1 atom stereocenters. The molecule has 1 N–H and O–H groups in total. The summed E-state index contributed by atoms with van der Waals surface area (Å²) >= 11 is 0. The van der Waals surface area contributed by atoms with E-state index in [-0.39, 0.29) is 11.4 Å². The van der Waals surface area contributed by atoms with E-state index in [2.05, 4.69) is 0 Å². The number of nitro groups is 1. The summed E-state index contributed by atoms with van der Waals surface area (Å²) in [6, 6.07) is 4.67. The largest absolute Gasteiger partial charge is 0.490 e. The van der Waals surface area contributed by atoms with Gasteiger partial charge in [0.05, 0.1) is 18.1 Å². The van der Waals surface area contributed by atoms with Gasteiger partial charge in [-0.05, 0) is 25.0 Å². The van der Waals surface area contributed by atoms with Crippen LogP contribution in [-0.4, -0.2) is 23.2 Å². The van der Waals surface area contributed by atoms with Gasteiger partial charge in [-0.3, -0.25) is 10.1 Å². The fourth-order valence-electron chi connectivity index (χ4n) is 1.35. The molecule has 1 rings (SSSR count). The van der Waals surface area contributed by atoms with E-state index in [1.54, 1.807) is 13.0 Å². The molecule has 0 saturated heterocycles. The predicted molar refractivity (Wildman–Crippen MR) is 55.0 cm³/mol. The number of aliphatic hydroxyl groups excluding tert-OH is 1. The molecule has 1 aromatic rings. The van der Waals surface area contributed by atoms with Crippen molar-refractivity contribution in [3.63, 3.8) is 0 Å². The molecule has 0 bridgehead atoms. The molecule has 0 unspecified atom stereocenters. The van der Waals surface area contributed by atoms with Crippen molar-refractivity contribution in [1.82, 2.24) is 0 Å². The van der Waals surface area contributed by atoms with E-state index in [1.165, 1.54) is 19.2 Å². The highest BCUT2D eigenvalue weighted by molar-refractivity contribution is 5.48. The number of benzene rings is 1. The lowest BCUT2D eigenvalue weighted by Crippen LogP contribution is -2.04. The first-order chi connectivity index (χ1) is 7.04. The highest BCUT2D eigenvalue weighted by atomic mass is 16.6. The van der Waals surface area contributed by atoms with Gasteiger partial charge >= 0.3 is 5.69 Å². The third-order valence-corrected chi connectivity index (χ3v) is 1.97. The second-order valence-corrected chi connectivity index (χ2v) is 3.32.